The van der Waals surface area contributed by atoms with Gasteiger partial charge in [0, 0.05) is 17.7 Å². The van der Waals surface area contributed by atoms with Crippen molar-refractivity contribution in [3.8, 4) is 0 Å². The van der Waals surface area contributed by atoms with Crippen LogP contribution in [0.25, 0.3) is 0 Å². The molecule has 0 fully saturated rings. The van der Waals surface area contributed by atoms with Crippen LogP contribution < -0.4 is 10.8 Å². The number of rotatable bonds is 7. The lowest BCUT2D eigenvalue weighted by Gasteiger charge is -2.06. The summed E-state index contributed by atoms with van der Waals surface area (Å²) in [5.74, 6) is -0.624. The normalized spacial score (nSPS) is 10.1. The fourth-order valence-corrected chi connectivity index (χ4v) is 2.25. The van der Waals surface area contributed by atoms with E-state index in [1.54, 1.807) is 17.6 Å². The molecule has 120 valence electrons. The van der Waals surface area contributed by atoms with Crippen molar-refractivity contribution in [3.63, 3.8) is 0 Å². The quantitative estimate of drug-likeness (QED) is 0.417. The SMILES string of the molecule is O=C(CCCCc1ccccc1)Nc1ccc(C(=O)NO)cc1. The van der Waals surface area contributed by atoms with E-state index in [0.29, 0.717) is 17.7 Å². The van der Waals surface area contributed by atoms with E-state index in [9.17, 15) is 9.59 Å². The molecule has 0 aromatic heterocycles. The summed E-state index contributed by atoms with van der Waals surface area (Å²) in [7, 11) is 0. The molecule has 0 bridgehead atoms. The van der Waals surface area contributed by atoms with Gasteiger partial charge in [-0.1, -0.05) is 30.3 Å². The Balaban J connectivity index is 1.71. The zero-order valence-electron chi connectivity index (χ0n) is 12.8. The first kappa shape index (κ1) is 16.7. The Labute approximate surface area is 135 Å². The summed E-state index contributed by atoms with van der Waals surface area (Å²) in [6.07, 6.45) is 3.23. The van der Waals surface area contributed by atoms with Crippen LogP contribution in [0.5, 0.6) is 0 Å². The molecule has 2 aromatic rings. The van der Waals surface area contributed by atoms with Crippen molar-refractivity contribution in [3.05, 3.63) is 65.7 Å². The molecule has 0 spiro atoms. The van der Waals surface area contributed by atoms with Crippen LogP contribution >= 0.6 is 0 Å². The van der Waals surface area contributed by atoms with Gasteiger partial charge >= 0.3 is 0 Å². The largest absolute Gasteiger partial charge is 0.326 e. The van der Waals surface area contributed by atoms with Gasteiger partial charge in [-0.25, -0.2) is 5.48 Å². The lowest BCUT2D eigenvalue weighted by Crippen LogP contribution is -2.18. The first-order valence-corrected chi connectivity index (χ1v) is 7.57. The smallest absolute Gasteiger partial charge is 0.274 e. The van der Waals surface area contributed by atoms with Crippen LogP contribution in [-0.2, 0) is 11.2 Å². The van der Waals surface area contributed by atoms with Gasteiger partial charge in [-0.2, -0.15) is 0 Å². The fourth-order valence-electron chi connectivity index (χ4n) is 2.25. The topological polar surface area (TPSA) is 78.4 Å². The number of anilines is 1. The minimum atomic E-state index is -0.580. The van der Waals surface area contributed by atoms with Gasteiger partial charge in [0.1, 0.15) is 0 Å². The number of benzene rings is 2. The second-order valence-electron chi connectivity index (χ2n) is 5.26. The molecule has 0 saturated carbocycles. The zero-order valence-corrected chi connectivity index (χ0v) is 12.8. The Bertz CT molecular complexity index is 639. The molecule has 5 heteroatoms. The minimum Gasteiger partial charge on any atom is -0.326 e. The van der Waals surface area contributed by atoms with E-state index in [4.69, 9.17) is 5.21 Å². The van der Waals surface area contributed by atoms with Gasteiger partial charge in [-0.15, -0.1) is 0 Å². The predicted octanol–water partition coefficient (Wildman–Crippen LogP) is 3.16. The molecule has 3 N–H and O–H groups in total. The molecule has 0 heterocycles. The van der Waals surface area contributed by atoms with Gasteiger partial charge in [-0.3, -0.25) is 14.8 Å². The number of hydrogen-bond donors (Lipinski definition) is 3. The predicted molar refractivity (Wildman–Crippen MR) is 88.3 cm³/mol. The third-order valence-electron chi connectivity index (χ3n) is 3.49. The summed E-state index contributed by atoms with van der Waals surface area (Å²) in [5.41, 5.74) is 3.81. The number of nitrogens with one attached hydrogen (secondary N) is 2. The zero-order chi connectivity index (χ0) is 16.5. The van der Waals surface area contributed by atoms with Gasteiger partial charge in [0.2, 0.25) is 5.91 Å². The maximum atomic E-state index is 11.9. The van der Waals surface area contributed by atoms with Crippen LogP contribution in [0.1, 0.15) is 35.2 Å². The summed E-state index contributed by atoms with van der Waals surface area (Å²) in [6, 6.07) is 16.5. The number of hydroxylamine groups is 1. The fraction of sp³-hybridized carbons (Fsp3) is 0.222. The summed E-state index contributed by atoms with van der Waals surface area (Å²) in [5, 5.41) is 11.3. The highest BCUT2D eigenvalue weighted by atomic mass is 16.5. The van der Waals surface area contributed by atoms with E-state index in [2.05, 4.69) is 17.4 Å². The van der Waals surface area contributed by atoms with Crippen molar-refractivity contribution in [2.75, 3.05) is 5.32 Å². The molecule has 23 heavy (non-hydrogen) atoms. The van der Waals surface area contributed by atoms with E-state index in [0.717, 1.165) is 19.3 Å². The number of carbonyl (C=O) groups is 2. The van der Waals surface area contributed by atoms with Gasteiger partial charge in [-0.05, 0) is 49.1 Å². The molecule has 0 aliphatic carbocycles. The Morgan fingerprint density at radius 1 is 0.913 bits per heavy atom. The van der Waals surface area contributed by atoms with Gasteiger partial charge < -0.3 is 5.32 Å². The van der Waals surface area contributed by atoms with Crippen LogP contribution in [0, 0.1) is 0 Å². The van der Waals surface area contributed by atoms with E-state index >= 15 is 0 Å². The maximum absolute atomic E-state index is 11.9. The highest BCUT2D eigenvalue weighted by Gasteiger charge is 2.05. The molecular weight excluding hydrogens is 292 g/mol. The molecule has 2 amide bonds. The number of amides is 2. The van der Waals surface area contributed by atoms with Gasteiger partial charge in [0.05, 0.1) is 0 Å². The standard InChI is InChI=1S/C18H20N2O3/c21-17(9-5-4-8-14-6-2-1-3-7-14)19-16-12-10-15(11-13-16)18(22)20-23/h1-3,6-7,10-13,23H,4-5,8-9H2,(H,19,21)(H,20,22). The molecule has 5 nitrogen and oxygen atoms in total. The lowest BCUT2D eigenvalue weighted by molar-refractivity contribution is -0.116. The Kier molecular flexibility index (Phi) is 6.32. The minimum absolute atomic E-state index is 0.0441. The van der Waals surface area contributed by atoms with Crippen LogP contribution in [0.3, 0.4) is 0 Å². The molecule has 0 aliphatic heterocycles. The Hall–Kier alpha value is -2.66. The number of unbranched alkanes of at least 4 members (excludes halogenated alkanes) is 1. The third-order valence-corrected chi connectivity index (χ3v) is 3.49. The van der Waals surface area contributed by atoms with Crippen LogP contribution in [0.15, 0.2) is 54.6 Å². The van der Waals surface area contributed by atoms with E-state index in [-0.39, 0.29) is 5.91 Å². The van der Waals surface area contributed by atoms with E-state index in [1.807, 2.05) is 18.2 Å². The maximum Gasteiger partial charge on any atom is 0.274 e. The Morgan fingerprint density at radius 2 is 1.61 bits per heavy atom. The monoisotopic (exact) mass is 312 g/mol. The Morgan fingerprint density at radius 3 is 2.26 bits per heavy atom. The molecule has 0 radical (unpaired) electrons. The summed E-state index contributed by atoms with van der Waals surface area (Å²) < 4.78 is 0. The lowest BCUT2D eigenvalue weighted by atomic mass is 10.1. The highest BCUT2D eigenvalue weighted by Crippen LogP contribution is 2.11. The average molecular weight is 312 g/mol. The van der Waals surface area contributed by atoms with Crippen molar-refractivity contribution in [1.82, 2.24) is 5.48 Å². The van der Waals surface area contributed by atoms with Gasteiger partial charge in [0.25, 0.3) is 5.91 Å². The highest BCUT2D eigenvalue weighted by molar-refractivity contribution is 5.95. The number of aryl methyl sites for hydroxylation is 1. The molecule has 0 atom stereocenters. The van der Waals surface area contributed by atoms with Crippen LogP contribution in [0.4, 0.5) is 5.69 Å². The first-order valence-electron chi connectivity index (χ1n) is 7.57. The number of carbonyl (C=O) groups excluding carboxylic acids is 2. The van der Waals surface area contributed by atoms with Crippen molar-refractivity contribution < 1.29 is 14.8 Å². The second-order valence-corrected chi connectivity index (χ2v) is 5.26. The van der Waals surface area contributed by atoms with Crippen LogP contribution in [0.2, 0.25) is 0 Å². The molecule has 0 saturated heterocycles. The third kappa shape index (κ3) is 5.56. The first-order chi connectivity index (χ1) is 11.2. The van der Waals surface area contributed by atoms with Crippen molar-refractivity contribution >= 4 is 17.5 Å². The average Bonchev–Trinajstić information content (AvgIpc) is 2.59. The molecule has 0 aliphatic rings. The van der Waals surface area contributed by atoms with Crippen molar-refractivity contribution in [2.24, 2.45) is 0 Å². The molecule has 2 rings (SSSR count). The van der Waals surface area contributed by atoms with Gasteiger partial charge in [0.15, 0.2) is 0 Å². The molecule has 2 aromatic carbocycles. The van der Waals surface area contributed by atoms with Crippen LogP contribution in [-0.4, -0.2) is 17.0 Å². The van der Waals surface area contributed by atoms with Crippen molar-refractivity contribution in [1.29, 1.82) is 0 Å². The number of hydrogen-bond acceptors (Lipinski definition) is 3. The van der Waals surface area contributed by atoms with Crippen molar-refractivity contribution in [2.45, 2.75) is 25.7 Å². The van der Waals surface area contributed by atoms with E-state index in [1.165, 1.54) is 17.7 Å². The molecular formula is C18H20N2O3. The van der Waals surface area contributed by atoms with E-state index < -0.39 is 5.91 Å². The summed E-state index contributed by atoms with van der Waals surface area (Å²) >= 11 is 0. The second kappa shape index (κ2) is 8.70. The summed E-state index contributed by atoms with van der Waals surface area (Å²) in [6.45, 7) is 0. The summed E-state index contributed by atoms with van der Waals surface area (Å²) in [4.78, 5) is 23.1. The molecule has 0 unspecified atom stereocenters.